The molecule has 0 N–H and O–H groups in total. The molecule has 5 heteroatoms. The van der Waals surface area contributed by atoms with Gasteiger partial charge in [-0.1, -0.05) is 45.7 Å². The molecule has 0 unspecified atom stereocenters. The second-order valence-electron chi connectivity index (χ2n) is 5.19. The summed E-state index contributed by atoms with van der Waals surface area (Å²) in [6.45, 7) is 0.626. The van der Waals surface area contributed by atoms with Crippen LogP contribution in [0.4, 0.5) is 0 Å². The van der Waals surface area contributed by atoms with Gasteiger partial charge in [-0.05, 0) is 35.4 Å². The molecule has 1 heterocycles. The molecule has 3 rings (SSSR count). The molecule has 0 spiro atoms. The summed E-state index contributed by atoms with van der Waals surface area (Å²) in [7, 11) is 0. The number of imidazole rings is 1. The summed E-state index contributed by atoms with van der Waals surface area (Å²) in [5.74, 6) is 0.937. The third-order valence-electron chi connectivity index (χ3n) is 3.56. The van der Waals surface area contributed by atoms with Gasteiger partial charge >= 0.3 is 0 Å². The standard InChI is InChI=1S/C18H13BrClN3/c19-16-7-13(8-17(20)10-16)9-18-22-5-6-23(18)12-15-4-2-1-3-14(15)11-21/h1-8,10H,9,12H2. The zero-order chi connectivity index (χ0) is 16.2. The van der Waals surface area contributed by atoms with E-state index in [0.717, 1.165) is 21.4 Å². The van der Waals surface area contributed by atoms with Gasteiger partial charge in [0, 0.05) is 28.3 Å². The first-order valence-electron chi connectivity index (χ1n) is 7.08. The van der Waals surface area contributed by atoms with Crippen molar-refractivity contribution >= 4 is 27.5 Å². The summed E-state index contributed by atoms with van der Waals surface area (Å²) in [6.07, 6.45) is 4.40. The lowest BCUT2D eigenvalue weighted by atomic mass is 10.1. The van der Waals surface area contributed by atoms with E-state index in [9.17, 15) is 5.26 Å². The van der Waals surface area contributed by atoms with Crippen LogP contribution in [0.2, 0.25) is 5.02 Å². The van der Waals surface area contributed by atoms with Crippen molar-refractivity contribution < 1.29 is 0 Å². The molecule has 0 fully saturated rings. The first-order chi connectivity index (χ1) is 11.2. The maximum absolute atomic E-state index is 9.22. The molecule has 0 bridgehead atoms. The van der Waals surface area contributed by atoms with Crippen molar-refractivity contribution in [1.29, 1.82) is 5.26 Å². The lowest BCUT2D eigenvalue weighted by Gasteiger charge is -2.10. The van der Waals surface area contributed by atoms with Crippen LogP contribution in [0.15, 0.2) is 59.3 Å². The van der Waals surface area contributed by atoms with Gasteiger partial charge in [0.15, 0.2) is 0 Å². The number of nitrogens with zero attached hydrogens (tertiary/aromatic N) is 3. The summed E-state index contributed by atoms with van der Waals surface area (Å²) in [5.41, 5.74) is 2.77. The molecule has 3 aromatic rings. The van der Waals surface area contributed by atoms with E-state index in [-0.39, 0.29) is 0 Å². The Labute approximate surface area is 148 Å². The number of hydrogen-bond acceptors (Lipinski definition) is 2. The second-order valence-corrected chi connectivity index (χ2v) is 6.55. The van der Waals surface area contributed by atoms with Crippen LogP contribution in [0, 0.1) is 11.3 Å². The van der Waals surface area contributed by atoms with E-state index in [1.807, 2.05) is 48.7 Å². The van der Waals surface area contributed by atoms with Crippen molar-refractivity contribution in [2.75, 3.05) is 0 Å². The Bertz CT molecular complexity index is 860. The molecule has 0 aliphatic carbocycles. The van der Waals surface area contributed by atoms with E-state index < -0.39 is 0 Å². The van der Waals surface area contributed by atoms with E-state index in [1.54, 1.807) is 6.20 Å². The number of hydrogen-bond donors (Lipinski definition) is 0. The summed E-state index contributed by atoms with van der Waals surface area (Å²) in [4.78, 5) is 4.44. The first kappa shape index (κ1) is 15.8. The highest BCUT2D eigenvalue weighted by atomic mass is 79.9. The zero-order valence-corrected chi connectivity index (χ0v) is 14.5. The summed E-state index contributed by atoms with van der Waals surface area (Å²) in [5, 5.41) is 9.91. The third-order valence-corrected chi connectivity index (χ3v) is 4.24. The van der Waals surface area contributed by atoms with E-state index in [1.165, 1.54) is 0 Å². The minimum atomic E-state index is 0.626. The highest BCUT2D eigenvalue weighted by Gasteiger charge is 2.08. The van der Waals surface area contributed by atoms with E-state index >= 15 is 0 Å². The molecule has 0 aliphatic heterocycles. The Balaban J connectivity index is 1.87. The van der Waals surface area contributed by atoms with Crippen LogP contribution in [-0.2, 0) is 13.0 Å². The molecule has 0 radical (unpaired) electrons. The predicted octanol–water partition coefficient (Wildman–Crippen LogP) is 4.81. The number of nitriles is 1. The molecule has 1 aromatic heterocycles. The summed E-state index contributed by atoms with van der Waals surface area (Å²) in [6, 6.07) is 15.7. The van der Waals surface area contributed by atoms with Crippen LogP contribution in [0.5, 0.6) is 0 Å². The van der Waals surface area contributed by atoms with Crippen LogP contribution in [0.25, 0.3) is 0 Å². The summed E-state index contributed by atoms with van der Waals surface area (Å²) >= 11 is 9.57. The van der Waals surface area contributed by atoms with Gasteiger partial charge < -0.3 is 4.57 Å². The fraction of sp³-hybridized carbons (Fsp3) is 0.111. The van der Waals surface area contributed by atoms with Crippen LogP contribution in [-0.4, -0.2) is 9.55 Å². The third kappa shape index (κ3) is 3.82. The van der Waals surface area contributed by atoms with Crippen LogP contribution >= 0.6 is 27.5 Å². The van der Waals surface area contributed by atoms with Gasteiger partial charge in [-0.3, -0.25) is 0 Å². The number of rotatable bonds is 4. The quantitative estimate of drug-likeness (QED) is 0.645. The van der Waals surface area contributed by atoms with E-state index in [0.29, 0.717) is 23.6 Å². The molecule has 0 atom stereocenters. The number of halogens is 2. The average molecular weight is 387 g/mol. The molecule has 23 heavy (non-hydrogen) atoms. The Hall–Kier alpha value is -2.09. The van der Waals surface area contributed by atoms with Gasteiger partial charge in [0.1, 0.15) is 5.82 Å². The molecule has 114 valence electrons. The van der Waals surface area contributed by atoms with Crippen molar-refractivity contribution in [3.8, 4) is 6.07 Å². The Kier molecular flexibility index (Phi) is 4.80. The number of aromatic nitrogens is 2. The SMILES string of the molecule is N#Cc1ccccc1Cn1ccnc1Cc1cc(Cl)cc(Br)c1. The van der Waals surface area contributed by atoms with Gasteiger partial charge in [-0.15, -0.1) is 0 Å². The second kappa shape index (κ2) is 6.99. The Morgan fingerprint density at radius 1 is 1.22 bits per heavy atom. The van der Waals surface area contributed by atoms with Crippen molar-refractivity contribution in [3.05, 3.63) is 86.9 Å². The fourth-order valence-electron chi connectivity index (χ4n) is 2.50. The van der Waals surface area contributed by atoms with E-state index in [4.69, 9.17) is 11.6 Å². The molecule has 0 aliphatic rings. The van der Waals surface area contributed by atoms with Gasteiger partial charge in [-0.25, -0.2) is 4.98 Å². The topological polar surface area (TPSA) is 41.6 Å². The lowest BCUT2D eigenvalue weighted by Crippen LogP contribution is -2.06. The normalized spacial score (nSPS) is 10.5. The van der Waals surface area contributed by atoms with Crippen molar-refractivity contribution in [2.24, 2.45) is 0 Å². The maximum Gasteiger partial charge on any atom is 0.113 e. The molecule has 0 saturated carbocycles. The molecule has 0 saturated heterocycles. The van der Waals surface area contributed by atoms with Crippen molar-refractivity contribution in [1.82, 2.24) is 9.55 Å². The van der Waals surface area contributed by atoms with Crippen molar-refractivity contribution in [2.45, 2.75) is 13.0 Å². The maximum atomic E-state index is 9.22. The summed E-state index contributed by atoms with van der Waals surface area (Å²) < 4.78 is 3.01. The fourth-order valence-corrected chi connectivity index (χ4v) is 3.43. The highest BCUT2D eigenvalue weighted by molar-refractivity contribution is 9.10. The Morgan fingerprint density at radius 3 is 2.83 bits per heavy atom. The van der Waals surface area contributed by atoms with Crippen molar-refractivity contribution in [3.63, 3.8) is 0 Å². The zero-order valence-electron chi connectivity index (χ0n) is 12.2. The minimum absolute atomic E-state index is 0.626. The van der Waals surface area contributed by atoms with Gasteiger partial charge in [-0.2, -0.15) is 5.26 Å². The first-order valence-corrected chi connectivity index (χ1v) is 8.26. The van der Waals surface area contributed by atoms with Crippen LogP contribution < -0.4 is 0 Å². The molecule has 2 aromatic carbocycles. The van der Waals surface area contributed by atoms with Crippen LogP contribution in [0.1, 0.15) is 22.5 Å². The van der Waals surface area contributed by atoms with Gasteiger partial charge in [0.05, 0.1) is 18.2 Å². The average Bonchev–Trinajstić information content (AvgIpc) is 2.94. The number of benzene rings is 2. The van der Waals surface area contributed by atoms with Gasteiger partial charge in [0.2, 0.25) is 0 Å². The van der Waals surface area contributed by atoms with Gasteiger partial charge in [0.25, 0.3) is 0 Å². The predicted molar refractivity (Wildman–Crippen MR) is 94.4 cm³/mol. The van der Waals surface area contributed by atoms with Crippen LogP contribution in [0.3, 0.4) is 0 Å². The molecular weight excluding hydrogens is 374 g/mol. The largest absolute Gasteiger partial charge is 0.330 e. The smallest absolute Gasteiger partial charge is 0.113 e. The molecule has 3 nitrogen and oxygen atoms in total. The Morgan fingerprint density at radius 2 is 2.04 bits per heavy atom. The monoisotopic (exact) mass is 385 g/mol. The lowest BCUT2D eigenvalue weighted by molar-refractivity contribution is 0.739. The minimum Gasteiger partial charge on any atom is -0.330 e. The highest BCUT2D eigenvalue weighted by Crippen LogP contribution is 2.21. The molecular formula is C18H13BrClN3. The van der Waals surface area contributed by atoms with E-state index in [2.05, 4.69) is 31.6 Å². The molecule has 0 amide bonds.